The number of hydrogen-bond acceptors (Lipinski definition) is 10. The molecule has 0 saturated heterocycles. The highest BCUT2D eigenvalue weighted by Gasteiger charge is 2.44. The van der Waals surface area contributed by atoms with Crippen LogP contribution in [0.25, 0.3) is 0 Å². The number of benzene rings is 4. The summed E-state index contributed by atoms with van der Waals surface area (Å²) in [4.78, 5) is 0. The lowest BCUT2D eigenvalue weighted by Gasteiger charge is -2.25. The van der Waals surface area contributed by atoms with E-state index in [0.29, 0.717) is 23.0 Å². The van der Waals surface area contributed by atoms with E-state index in [1.165, 1.54) is 46.6 Å². The smallest absolute Gasteiger partial charge is 0.445 e. The summed E-state index contributed by atoms with van der Waals surface area (Å²) in [5.41, 5.74) is 0. The van der Waals surface area contributed by atoms with Gasteiger partial charge in [-0.1, -0.05) is 18.2 Å². The molecule has 0 amide bonds. The molecule has 0 saturated carbocycles. The summed E-state index contributed by atoms with van der Waals surface area (Å²) < 4.78 is 73.5. The van der Waals surface area contributed by atoms with E-state index < -0.39 is 21.1 Å². The second kappa shape index (κ2) is 13.4. The normalized spacial score (nSPS) is 12.4. The molecular formula is C29H30O10P2. The summed E-state index contributed by atoms with van der Waals surface area (Å²) in [6.45, 7) is 0. The molecule has 10 nitrogen and oxygen atoms in total. The van der Waals surface area contributed by atoms with Crippen molar-refractivity contribution in [2.24, 2.45) is 0 Å². The molecule has 0 bridgehead atoms. The standard InChI is InChI=1S/C29H30O10P2/c1-32-22-14-16-23(17-15-22)36-40(30,37-27-11-5-8-24(18-27)33-2)21-41(31,38-28-12-6-9-25(19-28)34-3)39-29-13-7-10-26(20-29)35-4/h5-20H,21H2,1-4H3. The summed E-state index contributed by atoms with van der Waals surface area (Å²) in [7, 11) is -2.66. The van der Waals surface area contributed by atoms with E-state index in [9.17, 15) is 9.13 Å². The van der Waals surface area contributed by atoms with E-state index in [-0.39, 0.29) is 23.0 Å². The molecule has 12 heteroatoms. The van der Waals surface area contributed by atoms with E-state index in [1.54, 1.807) is 78.9 Å². The molecule has 216 valence electrons. The molecular weight excluding hydrogens is 570 g/mol. The number of methoxy groups -OCH3 is 4. The van der Waals surface area contributed by atoms with Crippen LogP contribution < -0.4 is 37.0 Å². The van der Waals surface area contributed by atoms with Crippen molar-refractivity contribution < 1.29 is 46.2 Å². The van der Waals surface area contributed by atoms with Crippen molar-refractivity contribution >= 4 is 15.2 Å². The molecule has 0 aliphatic heterocycles. The first-order chi connectivity index (χ1) is 19.7. The molecule has 0 aromatic heterocycles. The summed E-state index contributed by atoms with van der Waals surface area (Å²) in [5, 5.41) is 0. The molecule has 0 fully saturated rings. The maximum absolute atomic E-state index is 14.5. The van der Waals surface area contributed by atoms with Gasteiger partial charge in [-0.25, -0.2) is 9.13 Å². The van der Waals surface area contributed by atoms with Crippen LogP contribution in [0.2, 0.25) is 0 Å². The summed E-state index contributed by atoms with van der Waals surface area (Å²) in [6, 6.07) is 25.7. The van der Waals surface area contributed by atoms with Crippen LogP contribution in [0.5, 0.6) is 46.0 Å². The van der Waals surface area contributed by atoms with E-state index >= 15 is 0 Å². The fraction of sp³-hybridized carbons (Fsp3) is 0.172. The number of rotatable bonds is 14. The van der Waals surface area contributed by atoms with Gasteiger partial charge in [0.2, 0.25) is 0 Å². The molecule has 0 radical (unpaired) electrons. The van der Waals surface area contributed by atoms with Gasteiger partial charge in [-0.2, -0.15) is 0 Å². The summed E-state index contributed by atoms with van der Waals surface area (Å²) in [6.07, 6.45) is 0. The van der Waals surface area contributed by atoms with Gasteiger partial charge >= 0.3 is 15.2 Å². The zero-order valence-corrected chi connectivity index (χ0v) is 24.7. The zero-order valence-electron chi connectivity index (χ0n) is 22.9. The van der Waals surface area contributed by atoms with Crippen LogP contribution in [0.4, 0.5) is 0 Å². The molecule has 0 spiro atoms. The largest absolute Gasteiger partial charge is 0.497 e. The van der Waals surface area contributed by atoms with Crippen molar-refractivity contribution in [3.63, 3.8) is 0 Å². The third-order valence-electron chi connectivity index (χ3n) is 5.51. The Hall–Kier alpha value is -4.26. The highest BCUT2D eigenvalue weighted by atomic mass is 31.2. The van der Waals surface area contributed by atoms with Gasteiger partial charge in [-0.15, -0.1) is 0 Å². The van der Waals surface area contributed by atoms with Crippen molar-refractivity contribution in [1.29, 1.82) is 0 Å². The minimum Gasteiger partial charge on any atom is -0.497 e. The number of hydrogen-bond donors (Lipinski definition) is 0. The SMILES string of the molecule is COc1ccc(OP(=O)(CP(=O)(Oc2cccc(OC)c2)Oc2cccc(OC)c2)Oc2cccc(OC)c2)cc1. The van der Waals surface area contributed by atoms with Crippen molar-refractivity contribution in [2.75, 3.05) is 34.3 Å². The molecule has 0 heterocycles. The van der Waals surface area contributed by atoms with Crippen LogP contribution in [0, 0.1) is 0 Å². The quantitative estimate of drug-likeness (QED) is 0.134. The van der Waals surface area contributed by atoms with Crippen molar-refractivity contribution in [3.05, 3.63) is 97.1 Å². The molecule has 1 atom stereocenters. The zero-order chi connectivity index (χ0) is 29.3. The Morgan fingerprint density at radius 2 is 0.707 bits per heavy atom. The topological polar surface area (TPSA) is 108 Å². The third kappa shape index (κ3) is 8.37. The maximum Gasteiger partial charge on any atom is 0.445 e. The molecule has 0 aliphatic carbocycles. The van der Waals surface area contributed by atoms with Gasteiger partial charge < -0.3 is 37.0 Å². The lowest BCUT2D eigenvalue weighted by molar-refractivity contribution is 0.366. The lowest BCUT2D eigenvalue weighted by Crippen LogP contribution is -2.12. The highest BCUT2D eigenvalue weighted by Crippen LogP contribution is 2.63. The summed E-state index contributed by atoms with van der Waals surface area (Å²) in [5.74, 6) is 1.85. The van der Waals surface area contributed by atoms with Gasteiger partial charge in [0.15, 0.2) is 5.90 Å². The second-order valence-electron chi connectivity index (χ2n) is 8.44. The van der Waals surface area contributed by atoms with Gasteiger partial charge in [-0.05, 0) is 60.7 Å². The van der Waals surface area contributed by atoms with E-state index in [1.807, 2.05) is 0 Å². The Labute approximate surface area is 238 Å². The maximum atomic E-state index is 14.5. The van der Waals surface area contributed by atoms with Crippen LogP contribution in [0.15, 0.2) is 97.1 Å². The number of ether oxygens (including phenoxy) is 4. The monoisotopic (exact) mass is 600 g/mol. The molecule has 4 rings (SSSR count). The van der Waals surface area contributed by atoms with Gasteiger partial charge in [0, 0.05) is 18.2 Å². The highest BCUT2D eigenvalue weighted by molar-refractivity contribution is 7.72. The average Bonchev–Trinajstić information content (AvgIpc) is 2.97. The van der Waals surface area contributed by atoms with E-state index in [4.69, 9.17) is 37.0 Å². The van der Waals surface area contributed by atoms with Gasteiger partial charge in [0.25, 0.3) is 0 Å². The van der Waals surface area contributed by atoms with Crippen LogP contribution in [0.1, 0.15) is 0 Å². The molecule has 0 N–H and O–H groups in total. The Kier molecular flexibility index (Phi) is 9.71. The fourth-order valence-corrected chi connectivity index (χ4v) is 8.06. The van der Waals surface area contributed by atoms with E-state index in [2.05, 4.69) is 0 Å². The lowest BCUT2D eigenvalue weighted by atomic mass is 10.3. The van der Waals surface area contributed by atoms with Gasteiger partial charge in [0.1, 0.15) is 46.0 Å². The Morgan fingerprint density at radius 1 is 0.415 bits per heavy atom. The van der Waals surface area contributed by atoms with Gasteiger partial charge in [-0.3, -0.25) is 0 Å². The van der Waals surface area contributed by atoms with Crippen molar-refractivity contribution in [2.45, 2.75) is 0 Å². The molecule has 1 unspecified atom stereocenters. The molecule has 4 aromatic rings. The fourth-order valence-electron chi connectivity index (χ4n) is 3.62. The molecule has 4 aromatic carbocycles. The van der Waals surface area contributed by atoms with Crippen molar-refractivity contribution in [3.8, 4) is 46.0 Å². The Morgan fingerprint density at radius 3 is 1.05 bits per heavy atom. The van der Waals surface area contributed by atoms with Crippen LogP contribution in [-0.4, -0.2) is 34.3 Å². The van der Waals surface area contributed by atoms with Crippen LogP contribution in [0.3, 0.4) is 0 Å². The van der Waals surface area contributed by atoms with Crippen LogP contribution >= 0.6 is 15.2 Å². The second-order valence-corrected chi connectivity index (χ2v) is 12.7. The first kappa shape index (κ1) is 29.7. The molecule has 0 aliphatic rings. The Bertz CT molecular complexity index is 1490. The van der Waals surface area contributed by atoms with Crippen molar-refractivity contribution in [1.82, 2.24) is 0 Å². The summed E-state index contributed by atoms with van der Waals surface area (Å²) >= 11 is 0. The predicted octanol–water partition coefficient (Wildman–Crippen LogP) is 7.68. The van der Waals surface area contributed by atoms with Crippen LogP contribution in [-0.2, 0) is 9.13 Å². The minimum atomic E-state index is -4.33. The minimum absolute atomic E-state index is 0.160. The van der Waals surface area contributed by atoms with Gasteiger partial charge in [0.05, 0.1) is 28.4 Å². The first-order valence-corrected chi connectivity index (χ1v) is 15.7. The Balaban J connectivity index is 1.74. The van der Waals surface area contributed by atoms with E-state index in [0.717, 1.165) is 0 Å². The predicted molar refractivity (Wildman–Crippen MR) is 155 cm³/mol. The third-order valence-corrected chi connectivity index (χ3v) is 10.2. The molecule has 41 heavy (non-hydrogen) atoms. The average molecular weight is 600 g/mol. The first-order valence-electron chi connectivity index (χ1n) is 12.3.